The molecular formula is C49H56O13. The summed E-state index contributed by atoms with van der Waals surface area (Å²) < 4.78 is 36.2. The van der Waals surface area contributed by atoms with E-state index < -0.39 is 88.1 Å². The summed E-state index contributed by atoms with van der Waals surface area (Å²) in [5.74, 6) is -4.85. The Morgan fingerprint density at radius 1 is 0.935 bits per heavy atom. The molecule has 0 aromatic heterocycles. The van der Waals surface area contributed by atoms with E-state index in [0.717, 1.165) is 29.2 Å². The Bertz CT molecular complexity index is 2310. The van der Waals surface area contributed by atoms with Crippen molar-refractivity contribution in [1.29, 1.82) is 0 Å². The monoisotopic (exact) mass is 852 g/mol. The van der Waals surface area contributed by atoms with Gasteiger partial charge >= 0.3 is 23.9 Å². The van der Waals surface area contributed by atoms with Crippen LogP contribution in [0.4, 0.5) is 0 Å². The maximum atomic E-state index is 15.7. The highest BCUT2D eigenvalue weighted by molar-refractivity contribution is 5.96. The van der Waals surface area contributed by atoms with Crippen LogP contribution in [0.1, 0.15) is 96.0 Å². The molecule has 2 bridgehead atoms. The Morgan fingerprint density at radius 2 is 1.65 bits per heavy atom. The second-order valence-electron chi connectivity index (χ2n) is 17.8. The molecule has 2 saturated carbocycles. The van der Waals surface area contributed by atoms with E-state index in [9.17, 15) is 29.4 Å². The Balaban J connectivity index is 1.40. The van der Waals surface area contributed by atoms with E-state index in [1.54, 1.807) is 39.0 Å². The van der Waals surface area contributed by atoms with Crippen LogP contribution in [0.25, 0.3) is 16.8 Å². The van der Waals surface area contributed by atoms with E-state index in [-0.39, 0.29) is 37.0 Å². The third-order valence-electron chi connectivity index (χ3n) is 13.9. The average molecular weight is 853 g/mol. The van der Waals surface area contributed by atoms with Crippen molar-refractivity contribution in [3.8, 4) is 5.75 Å². The lowest BCUT2D eigenvalue weighted by atomic mass is 9.44. The Kier molecular flexibility index (Phi) is 12.3. The fraction of sp³-hybridized carbons (Fsp3) is 0.490. The first kappa shape index (κ1) is 44.7. The van der Waals surface area contributed by atoms with Crippen molar-refractivity contribution in [2.45, 2.75) is 122 Å². The largest absolute Gasteiger partial charge is 0.497 e. The molecule has 3 aliphatic carbocycles. The molecule has 3 fully saturated rings. The van der Waals surface area contributed by atoms with Crippen LogP contribution in [0.3, 0.4) is 0 Å². The van der Waals surface area contributed by atoms with E-state index in [1.165, 1.54) is 39.2 Å². The minimum absolute atomic E-state index is 0.00921. The van der Waals surface area contributed by atoms with E-state index in [4.69, 9.17) is 28.4 Å². The molecule has 0 amide bonds. The number of unbranched alkanes of at least 4 members (excludes halogenated alkanes) is 2. The minimum Gasteiger partial charge on any atom is -0.497 e. The number of carbonyl (C=O) groups excluding carboxylic acids is 5. The molecule has 9 atom stereocenters. The number of aliphatic hydroxyl groups excluding tert-OH is 1. The first-order valence-electron chi connectivity index (χ1n) is 21.3. The minimum atomic E-state index is -2.26. The van der Waals surface area contributed by atoms with E-state index in [0.29, 0.717) is 17.7 Å². The molecule has 0 spiro atoms. The van der Waals surface area contributed by atoms with Gasteiger partial charge in [-0.15, -0.1) is 0 Å². The second kappa shape index (κ2) is 17.1. The average Bonchev–Trinajstić information content (AvgIpc) is 3.23. The van der Waals surface area contributed by atoms with E-state index >= 15 is 4.79 Å². The van der Waals surface area contributed by atoms with Crippen molar-refractivity contribution in [1.82, 2.24) is 0 Å². The Hall–Kier alpha value is -5.37. The van der Waals surface area contributed by atoms with Crippen LogP contribution in [-0.2, 0) is 42.9 Å². The maximum Gasteiger partial charge on any atom is 0.338 e. The molecule has 1 saturated heterocycles. The number of ketones is 1. The zero-order valence-electron chi connectivity index (χ0n) is 36.3. The van der Waals surface area contributed by atoms with Crippen molar-refractivity contribution in [2.75, 3.05) is 13.7 Å². The van der Waals surface area contributed by atoms with Crippen LogP contribution in [0.15, 0.2) is 84.0 Å². The molecule has 62 heavy (non-hydrogen) atoms. The fourth-order valence-electron chi connectivity index (χ4n) is 10.4. The zero-order valence-corrected chi connectivity index (χ0v) is 36.3. The molecule has 1 aliphatic heterocycles. The number of carbonyl (C=O) groups is 5. The first-order chi connectivity index (χ1) is 29.4. The number of esters is 4. The summed E-state index contributed by atoms with van der Waals surface area (Å²) in [7, 11) is 1.48. The van der Waals surface area contributed by atoms with Crippen molar-refractivity contribution in [3.63, 3.8) is 0 Å². The van der Waals surface area contributed by atoms with Crippen LogP contribution >= 0.6 is 0 Å². The van der Waals surface area contributed by atoms with Gasteiger partial charge in [0, 0.05) is 37.7 Å². The summed E-state index contributed by atoms with van der Waals surface area (Å²) in [4.78, 5) is 70.8. The predicted molar refractivity (Wildman–Crippen MR) is 227 cm³/mol. The number of Topliss-reactive ketones (excluding diaryl/α,β-unsaturated/α-hetero) is 1. The lowest BCUT2D eigenvalue weighted by molar-refractivity contribution is -0.346. The van der Waals surface area contributed by atoms with Crippen LogP contribution in [-0.4, -0.2) is 95.3 Å². The number of methoxy groups -OCH3 is 1. The van der Waals surface area contributed by atoms with E-state index in [2.05, 4.69) is 0 Å². The highest BCUT2D eigenvalue weighted by Gasteiger charge is 2.78. The van der Waals surface area contributed by atoms with E-state index in [1.807, 2.05) is 49.4 Å². The topological polar surface area (TPSA) is 181 Å². The molecule has 0 radical (unpaired) electrons. The summed E-state index contributed by atoms with van der Waals surface area (Å²) in [6.07, 6.45) is -2.79. The number of hydrogen-bond donors (Lipinski definition) is 2. The van der Waals surface area contributed by atoms with Gasteiger partial charge < -0.3 is 38.6 Å². The third-order valence-corrected chi connectivity index (χ3v) is 13.9. The number of rotatable bonds is 12. The molecule has 0 unspecified atom stereocenters. The lowest BCUT2D eigenvalue weighted by Gasteiger charge is -2.67. The van der Waals surface area contributed by atoms with Gasteiger partial charge in [-0.2, -0.15) is 0 Å². The van der Waals surface area contributed by atoms with Gasteiger partial charge in [-0.3, -0.25) is 14.4 Å². The lowest BCUT2D eigenvalue weighted by Crippen LogP contribution is -2.82. The highest BCUT2D eigenvalue weighted by Crippen LogP contribution is 2.64. The van der Waals surface area contributed by atoms with Gasteiger partial charge in [0.2, 0.25) is 0 Å². The SMILES string of the molecule is CCCCCC(=O)O[C@H]1C(=O)[C@@]2(C)[C@H]([C@H](OC(=O)c3ccc(OC)cc3)[C@]3(O)C[C@H](OC(=O)/C=C/c4ccc5ccccc5c4)C(C)=C1C3(C)C)[C@]1(OC(C)=O)CO[C@@H]1C[C@@H]2O. The molecule has 1 heterocycles. The summed E-state index contributed by atoms with van der Waals surface area (Å²) in [6, 6.07) is 19.6. The molecule has 2 N–H and O–H groups in total. The van der Waals surface area contributed by atoms with Crippen LogP contribution in [0.5, 0.6) is 5.75 Å². The number of ether oxygens (including phenoxy) is 6. The number of benzene rings is 3. The second-order valence-corrected chi connectivity index (χ2v) is 17.8. The van der Waals surface area contributed by atoms with Crippen LogP contribution in [0, 0.1) is 16.7 Å². The Morgan fingerprint density at radius 3 is 2.29 bits per heavy atom. The smallest absolute Gasteiger partial charge is 0.338 e. The van der Waals surface area contributed by atoms with Crippen molar-refractivity contribution in [3.05, 3.63) is 95.1 Å². The van der Waals surface area contributed by atoms with Crippen LogP contribution < -0.4 is 4.74 Å². The normalized spacial score (nSPS) is 31.1. The van der Waals surface area contributed by atoms with Crippen molar-refractivity contribution < 1.29 is 62.6 Å². The fourth-order valence-corrected chi connectivity index (χ4v) is 10.4. The number of fused-ring (bicyclic) bond motifs is 6. The maximum absolute atomic E-state index is 15.7. The third kappa shape index (κ3) is 7.62. The standard InChI is InChI=1S/C49H56O13/c1-8-9-10-15-38(52)60-41-40-28(2)35(59-39(53)23-17-30-16-18-31-13-11-12-14-33(31)24-30)26-49(56,46(40,4)5)44(61-45(55)32-19-21-34(57-7)22-20-32)42-47(6,43(41)54)36(51)25-37-48(42,27-58-37)62-29(3)50/h11-14,16-24,35-37,41-42,44,51,56H,8-10,15,25-27H2,1-7H3/b23-17+/t35-,36-,37+,41+,42-,44-,47+,48-,49+/m0/s1. The van der Waals surface area contributed by atoms with Gasteiger partial charge in [0.15, 0.2) is 17.5 Å². The summed E-state index contributed by atoms with van der Waals surface area (Å²) >= 11 is 0. The van der Waals surface area contributed by atoms with Crippen molar-refractivity contribution in [2.24, 2.45) is 16.7 Å². The molecule has 7 rings (SSSR count). The van der Waals surface area contributed by atoms with Gasteiger partial charge in [0.05, 0.1) is 36.7 Å². The number of hydrogen-bond acceptors (Lipinski definition) is 13. The van der Waals surface area contributed by atoms with Crippen molar-refractivity contribution >= 4 is 46.5 Å². The molecule has 3 aromatic carbocycles. The van der Waals surface area contributed by atoms with Crippen LogP contribution in [0.2, 0.25) is 0 Å². The van der Waals surface area contributed by atoms with Gasteiger partial charge in [-0.1, -0.05) is 70.0 Å². The molecule has 13 heteroatoms. The van der Waals surface area contributed by atoms with Gasteiger partial charge in [0.1, 0.15) is 29.7 Å². The molecule has 3 aromatic rings. The molecule has 330 valence electrons. The highest BCUT2D eigenvalue weighted by atomic mass is 16.6. The molecule has 13 nitrogen and oxygen atoms in total. The van der Waals surface area contributed by atoms with Gasteiger partial charge in [0.25, 0.3) is 0 Å². The molecule has 4 aliphatic rings. The summed E-state index contributed by atoms with van der Waals surface area (Å²) in [5, 5.41) is 27.9. The predicted octanol–water partition coefficient (Wildman–Crippen LogP) is 6.64. The first-order valence-corrected chi connectivity index (χ1v) is 21.3. The zero-order chi connectivity index (χ0) is 44.8. The Labute approximate surface area is 361 Å². The summed E-state index contributed by atoms with van der Waals surface area (Å²) in [5.41, 5.74) is -6.23. The quantitative estimate of drug-likeness (QED) is 0.0652. The van der Waals surface area contributed by atoms with Gasteiger partial charge in [-0.05, 0) is 84.2 Å². The molecular weight excluding hydrogens is 797 g/mol. The van der Waals surface area contributed by atoms with Gasteiger partial charge in [-0.25, -0.2) is 9.59 Å². The number of aliphatic hydroxyl groups is 2. The summed E-state index contributed by atoms with van der Waals surface area (Å²) in [6.45, 7) is 9.35.